The van der Waals surface area contributed by atoms with Crippen molar-refractivity contribution < 1.29 is 14.3 Å². The second-order valence-corrected chi connectivity index (χ2v) is 5.97. The van der Waals surface area contributed by atoms with E-state index in [1.54, 1.807) is 27.7 Å². The summed E-state index contributed by atoms with van der Waals surface area (Å²) < 4.78 is 5.02. The molecule has 7 nitrogen and oxygen atoms in total. The van der Waals surface area contributed by atoms with E-state index in [-0.39, 0.29) is 24.6 Å². The Morgan fingerprint density at radius 1 is 1.16 bits per heavy atom. The lowest BCUT2D eigenvalue weighted by Crippen LogP contribution is -2.28. The minimum Gasteiger partial charge on any atom is -0.462 e. The zero-order chi connectivity index (χ0) is 18.7. The number of nitrogens with one attached hydrogen (secondary N) is 3. The maximum absolute atomic E-state index is 12.5. The van der Waals surface area contributed by atoms with Crippen LogP contribution >= 0.6 is 0 Å². The number of esters is 1. The molecule has 1 amide bonds. The minimum absolute atomic E-state index is 0.104. The molecule has 3 N–H and O–H groups in total. The molecule has 0 bridgehead atoms. The van der Waals surface area contributed by atoms with Crippen LogP contribution in [0.25, 0.3) is 0 Å². The summed E-state index contributed by atoms with van der Waals surface area (Å²) in [6.45, 7) is 9.13. The van der Waals surface area contributed by atoms with Crippen LogP contribution in [0.5, 0.6) is 0 Å². The summed E-state index contributed by atoms with van der Waals surface area (Å²) in [4.78, 5) is 42.1. The molecule has 134 valence electrons. The van der Waals surface area contributed by atoms with Crippen LogP contribution in [0.4, 0.5) is 0 Å². The Morgan fingerprint density at radius 3 is 2.44 bits per heavy atom. The Balaban J connectivity index is 2.21. The molecule has 25 heavy (non-hydrogen) atoms. The average molecular weight is 345 g/mol. The molecule has 7 heteroatoms. The van der Waals surface area contributed by atoms with Crippen molar-refractivity contribution in [2.24, 2.45) is 0 Å². The highest BCUT2D eigenvalue weighted by molar-refractivity contribution is 6.00. The maximum atomic E-state index is 12.5. The first kappa shape index (κ1) is 18.5. The van der Waals surface area contributed by atoms with Crippen molar-refractivity contribution in [1.29, 1.82) is 0 Å². The number of pyridine rings is 1. The van der Waals surface area contributed by atoms with Crippen LogP contribution in [-0.4, -0.2) is 28.5 Å². The summed E-state index contributed by atoms with van der Waals surface area (Å²) in [5.41, 5.74) is 3.64. The number of carbonyl (C=O) groups excluding carboxylic acids is 2. The van der Waals surface area contributed by atoms with Gasteiger partial charge in [0, 0.05) is 23.5 Å². The summed E-state index contributed by atoms with van der Waals surface area (Å²) in [6.07, 6.45) is 0. The molecule has 0 radical (unpaired) electrons. The van der Waals surface area contributed by atoms with Crippen molar-refractivity contribution in [2.75, 3.05) is 6.61 Å². The van der Waals surface area contributed by atoms with Crippen LogP contribution in [0.2, 0.25) is 0 Å². The molecule has 2 rings (SSSR count). The zero-order valence-electron chi connectivity index (χ0n) is 15.1. The lowest BCUT2D eigenvalue weighted by Gasteiger charge is -2.08. The van der Waals surface area contributed by atoms with Gasteiger partial charge in [-0.2, -0.15) is 0 Å². The van der Waals surface area contributed by atoms with Gasteiger partial charge >= 0.3 is 5.97 Å². The molecular formula is C18H23N3O4. The average Bonchev–Trinajstić information content (AvgIpc) is 2.81. The number of hydrogen-bond acceptors (Lipinski definition) is 4. The third-order valence-corrected chi connectivity index (χ3v) is 4.06. The fourth-order valence-corrected chi connectivity index (χ4v) is 2.84. The van der Waals surface area contributed by atoms with E-state index in [4.69, 9.17) is 4.74 Å². The molecule has 2 heterocycles. The Kier molecular flexibility index (Phi) is 5.46. The van der Waals surface area contributed by atoms with E-state index in [2.05, 4.69) is 15.3 Å². The number of hydrogen-bond donors (Lipinski definition) is 3. The Morgan fingerprint density at radius 2 is 1.84 bits per heavy atom. The first-order valence-corrected chi connectivity index (χ1v) is 8.10. The van der Waals surface area contributed by atoms with Crippen LogP contribution in [0, 0.1) is 27.7 Å². The zero-order valence-corrected chi connectivity index (χ0v) is 15.1. The fourth-order valence-electron chi connectivity index (χ4n) is 2.84. The molecule has 0 aromatic carbocycles. The van der Waals surface area contributed by atoms with Gasteiger partial charge in [-0.1, -0.05) is 0 Å². The normalized spacial score (nSPS) is 10.6. The molecule has 2 aromatic heterocycles. The van der Waals surface area contributed by atoms with Crippen molar-refractivity contribution in [2.45, 2.75) is 41.2 Å². The molecule has 2 aromatic rings. The highest BCUT2D eigenvalue weighted by Crippen LogP contribution is 2.19. The molecule has 0 aliphatic rings. The van der Waals surface area contributed by atoms with E-state index in [0.29, 0.717) is 28.1 Å². The van der Waals surface area contributed by atoms with Crippen molar-refractivity contribution in [3.8, 4) is 0 Å². The predicted molar refractivity (Wildman–Crippen MR) is 93.9 cm³/mol. The van der Waals surface area contributed by atoms with Gasteiger partial charge in [0.25, 0.3) is 11.5 Å². The van der Waals surface area contributed by atoms with Crippen LogP contribution < -0.4 is 10.9 Å². The van der Waals surface area contributed by atoms with Crippen LogP contribution in [0.3, 0.4) is 0 Å². The van der Waals surface area contributed by atoms with Gasteiger partial charge in [-0.25, -0.2) is 4.79 Å². The van der Waals surface area contributed by atoms with Gasteiger partial charge in [0.1, 0.15) is 5.69 Å². The van der Waals surface area contributed by atoms with Gasteiger partial charge in [0.15, 0.2) is 0 Å². The minimum atomic E-state index is -0.460. The van der Waals surface area contributed by atoms with Crippen LogP contribution in [-0.2, 0) is 11.3 Å². The number of rotatable bonds is 5. The molecule has 0 fully saturated rings. The van der Waals surface area contributed by atoms with Gasteiger partial charge in [0.05, 0.1) is 12.2 Å². The summed E-state index contributed by atoms with van der Waals surface area (Å²) in [5.74, 6) is -0.839. The smallest absolute Gasteiger partial charge is 0.340 e. The topological polar surface area (TPSA) is 104 Å². The van der Waals surface area contributed by atoms with Gasteiger partial charge in [-0.3, -0.25) is 9.59 Å². The Hall–Kier alpha value is -2.83. The van der Waals surface area contributed by atoms with Crippen LogP contribution in [0.15, 0.2) is 10.9 Å². The number of ether oxygens (including phenoxy) is 1. The van der Waals surface area contributed by atoms with Crippen molar-refractivity contribution >= 4 is 11.9 Å². The molecule has 0 aliphatic heterocycles. The summed E-state index contributed by atoms with van der Waals surface area (Å²) in [6, 6.07) is 1.85. The standard InChI is InChI=1S/C18H23N3O4/c1-6-25-18(24)14-11(4)15(21-12(14)5)17(23)19-8-13-9(2)7-10(3)20-16(13)22/h7,21H,6,8H2,1-5H3,(H,19,23)(H,20,22). The van der Waals surface area contributed by atoms with E-state index in [9.17, 15) is 14.4 Å². The molecular weight excluding hydrogens is 322 g/mol. The number of H-pyrrole nitrogens is 2. The first-order chi connectivity index (χ1) is 11.8. The lowest BCUT2D eigenvalue weighted by atomic mass is 10.1. The summed E-state index contributed by atoms with van der Waals surface area (Å²) in [7, 11) is 0. The lowest BCUT2D eigenvalue weighted by molar-refractivity contribution is 0.0525. The van der Waals surface area contributed by atoms with Crippen molar-refractivity contribution in [3.63, 3.8) is 0 Å². The molecule has 0 saturated heterocycles. The number of carbonyl (C=O) groups is 2. The highest BCUT2D eigenvalue weighted by Gasteiger charge is 2.22. The molecule has 0 spiro atoms. The summed E-state index contributed by atoms with van der Waals surface area (Å²) >= 11 is 0. The third kappa shape index (κ3) is 3.81. The fraction of sp³-hybridized carbons (Fsp3) is 0.389. The number of aryl methyl sites for hydroxylation is 3. The monoisotopic (exact) mass is 345 g/mol. The second-order valence-electron chi connectivity index (χ2n) is 5.97. The van der Waals surface area contributed by atoms with E-state index >= 15 is 0 Å². The van der Waals surface area contributed by atoms with Gasteiger partial charge in [-0.15, -0.1) is 0 Å². The van der Waals surface area contributed by atoms with Crippen LogP contribution in [0.1, 0.15) is 55.8 Å². The quantitative estimate of drug-likeness (QED) is 0.721. The van der Waals surface area contributed by atoms with E-state index in [1.807, 2.05) is 13.0 Å². The Bertz CT molecular complexity index is 877. The van der Waals surface area contributed by atoms with Gasteiger partial charge in [-0.05, 0) is 51.8 Å². The highest BCUT2D eigenvalue weighted by atomic mass is 16.5. The van der Waals surface area contributed by atoms with Crippen molar-refractivity contribution in [1.82, 2.24) is 15.3 Å². The third-order valence-electron chi connectivity index (χ3n) is 4.06. The largest absolute Gasteiger partial charge is 0.462 e. The molecule has 0 saturated carbocycles. The number of aromatic amines is 2. The van der Waals surface area contributed by atoms with E-state index in [0.717, 1.165) is 11.3 Å². The predicted octanol–water partition coefficient (Wildman–Crippen LogP) is 2.04. The van der Waals surface area contributed by atoms with Gasteiger partial charge < -0.3 is 20.0 Å². The Labute approximate surface area is 145 Å². The number of amides is 1. The molecule has 0 aliphatic carbocycles. The molecule has 0 unspecified atom stereocenters. The second kappa shape index (κ2) is 7.38. The maximum Gasteiger partial charge on any atom is 0.340 e. The van der Waals surface area contributed by atoms with E-state index < -0.39 is 5.97 Å². The van der Waals surface area contributed by atoms with Gasteiger partial charge in [0.2, 0.25) is 0 Å². The first-order valence-electron chi connectivity index (χ1n) is 8.10. The molecule has 0 atom stereocenters. The SMILES string of the molecule is CCOC(=O)c1c(C)[nH]c(C(=O)NCc2c(C)cc(C)[nH]c2=O)c1C. The number of aromatic nitrogens is 2. The van der Waals surface area contributed by atoms with E-state index in [1.165, 1.54) is 0 Å². The van der Waals surface area contributed by atoms with Crippen molar-refractivity contribution in [3.05, 3.63) is 55.8 Å². The summed E-state index contributed by atoms with van der Waals surface area (Å²) in [5, 5.41) is 2.73.